The van der Waals surface area contributed by atoms with Crippen molar-refractivity contribution in [3.05, 3.63) is 47.1 Å². The van der Waals surface area contributed by atoms with Crippen molar-refractivity contribution in [2.45, 2.75) is 6.92 Å². The molecule has 0 bridgehead atoms. The second-order valence-corrected chi connectivity index (χ2v) is 3.66. The van der Waals surface area contributed by atoms with E-state index in [-0.39, 0.29) is 11.7 Å². The van der Waals surface area contributed by atoms with E-state index in [2.05, 4.69) is 10.3 Å². The molecular weight excluding hydrogens is 228 g/mol. The minimum Gasteiger partial charge on any atom is -0.438 e. The maximum Gasteiger partial charge on any atom is 0.293 e. The van der Waals surface area contributed by atoms with Crippen LogP contribution in [-0.4, -0.2) is 10.9 Å². The van der Waals surface area contributed by atoms with Gasteiger partial charge in [0.15, 0.2) is 6.39 Å². The van der Waals surface area contributed by atoms with Crippen molar-refractivity contribution in [1.82, 2.24) is 4.98 Å². The number of hydrogen-bond acceptors (Lipinski definition) is 3. The highest BCUT2D eigenvalue weighted by molar-refractivity contribution is 6.30. The van der Waals surface area contributed by atoms with E-state index in [4.69, 9.17) is 16.0 Å². The third-order valence-electron chi connectivity index (χ3n) is 2.05. The monoisotopic (exact) mass is 236 g/mol. The Morgan fingerprint density at radius 2 is 2.06 bits per heavy atom. The fourth-order valence-electron chi connectivity index (χ4n) is 1.24. The van der Waals surface area contributed by atoms with Crippen LogP contribution in [0.3, 0.4) is 0 Å². The SMILES string of the molecule is Cc1ncoc1C(=O)Nc1ccc(Cl)cc1. The summed E-state index contributed by atoms with van der Waals surface area (Å²) in [6.45, 7) is 1.71. The van der Waals surface area contributed by atoms with Crippen LogP contribution in [0.4, 0.5) is 5.69 Å². The largest absolute Gasteiger partial charge is 0.438 e. The van der Waals surface area contributed by atoms with Gasteiger partial charge in [-0.15, -0.1) is 0 Å². The molecule has 1 aromatic carbocycles. The molecule has 1 aromatic heterocycles. The van der Waals surface area contributed by atoms with Crippen LogP contribution in [0.5, 0.6) is 0 Å². The average molecular weight is 237 g/mol. The Kier molecular flexibility index (Phi) is 2.92. The summed E-state index contributed by atoms with van der Waals surface area (Å²) >= 11 is 5.73. The molecule has 2 rings (SSSR count). The van der Waals surface area contributed by atoms with E-state index in [1.54, 1.807) is 31.2 Å². The Balaban J connectivity index is 2.14. The highest BCUT2D eigenvalue weighted by Crippen LogP contribution is 2.15. The van der Waals surface area contributed by atoms with E-state index in [1.807, 2.05) is 0 Å². The summed E-state index contributed by atoms with van der Waals surface area (Å²) in [7, 11) is 0. The summed E-state index contributed by atoms with van der Waals surface area (Å²) in [5.41, 5.74) is 1.22. The number of rotatable bonds is 2. The van der Waals surface area contributed by atoms with E-state index in [1.165, 1.54) is 6.39 Å². The smallest absolute Gasteiger partial charge is 0.293 e. The summed E-state index contributed by atoms with van der Waals surface area (Å²) in [4.78, 5) is 15.5. The Hall–Kier alpha value is -1.81. The number of benzene rings is 1. The zero-order chi connectivity index (χ0) is 11.5. The number of oxazole rings is 1. The number of amides is 1. The number of aromatic nitrogens is 1. The molecule has 0 spiro atoms. The first-order valence-corrected chi connectivity index (χ1v) is 5.01. The third kappa shape index (κ3) is 2.23. The van der Waals surface area contributed by atoms with E-state index >= 15 is 0 Å². The van der Waals surface area contributed by atoms with Gasteiger partial charge in [-0.3, -0.25) is 4.79 Å². The summed E-state index contributed by atoms with van der Waals surface area (Å²) in [5, 5.41) is 3.30. The molecule has 0 aliphatic heterocycles. The normalized spacial score (nSPS) is 10.1. The van der Waals surface area contributed by atoms with Crippen molar-refractivity contribution < 1.29 is 9.21 Å². The Labute approximate surface area is 97.2 Å². The van der Waals surface area contributed by atoms with Crippen molar-refractivity contribution in [2.24, 2.45) is 0 Å². The quantitative estimate of drug-likeness (QED) is 0.872. The van der Waals surface area contributed by atoms with Gasteiger partial charge in [0, 0.05) is 10.7 Å². The molecule has 1 heterocycles. The van der Waals surface area contributed by atoms with Gasteiger partial charge in [0.05, 0.1) is 5.69 Å². The van der Waals surface area contributed by atoms with Gasteiger partial charge >= 0.3 is 0 Å². The molecule has 0 saturated carbocycles. The Morgan fingerprint density at radius 3 is 2.62 bits per heavy atom. The molecule has 0 saturated heterocycles. The number of hydrogen-bond donors (Lipinski definition) is 1. The summed E-state index contributed by atoms with van der Waals surface area (Å²) < 4.78 is 4.97. The standard InChI is InChI=1S/C11H9ClN2O2/c1-7-10(16-6-13-7)11(15)14-9-4-2-8(12)3-5-9/h2-6H,1H3,(H,14,15). The highest BCUT2D eigenvalue weighted by atomic mass is 35.5. The lowest BCUT2D eigenvalue weighted by atomic mass is 10.3. The first-order valence-electron chi connectivity index (χ1n) is 4.64. The summed E-state index contributed by atoms with van der Waals surface area (Å²) in [6, 6.07) is 6.83. The molecule has 5 heteroatoms. The number of nitrogens with one attached hydrogen (secondary N) is 1. The van der Waals surface area contributed by atoms with Crippen LogP contribution < -0.4 is 5.32 Å². The topological polar surface area (TPSA) is 55.1 Å². The number of carbonyl (C=O) groups excluding carboxylic acids is 1. The molecule has 0 atom stereocenters. The number of carbonyl (C=O) groups is 1. The number of nitrogens with zero attached hydrogens (tertiary/aromatic N) is 1. The van der Waals surface area contributed by atoms with E-state index in [0.29, 0.717) is 16.4 Å². The maximum absolute atomic E-state index is 11.7. The summed E-state index contributed by atoms with van der Waals surface area (Å²) in [6.07, 6.45) is 1.24. The van der Waals surface area contributed by atoms with Gasteiger partial charge in [0.2, 0.25) is 5.76 Å². The number of halogens is 1. The van der Waals surface area contributed by atoms with Crippen LogP contribution in [0.1, 0.15) is 16.2 Å². The van der Waals surface area contributed by atoms with Crippen LogP contribution in [0.25, 0.3) is 0 Å². The fraction of sp³-hybridized carbons (Fsp3) is 0.0909. The van der Waals surface area contributed by atoms with Gasteiger partial charge in [0.1, 0.15) is 0 Å². The van der Waals surface area contributed by atoms with Gasteiger partial charge in [-0.2, -0.15) is 0 Å². The van der Waals surface area contributed by atoms with Crippen LogP contribution in [0.15, 0.2) is 35.1 Å². The van der Waals surface area contributed by atoms with Gasteiger partial charge in [0.25, 0.3) is 5.91 Å². The van der Waals surface area contributed by atoms with Crippen molar-refractivity contribution in [3.63, 3.8) is 0 Å². The summed E-state index contributed by atoms with van der Waals surface area (Å²) in [5.74, 6) is -0.104. The van der Waals surface area contributed by atoms with Crippen molar-refractivity contribution >= 4 is 23.2 Å². The Morgan fingerprint density at radius 1 is 1.38 bits per heavy atom. The predicted molar refractivity (Wildman–Crippen MR) is 60.6 cm³/mol. The molecule has 16 heavy (non-hydrogen) atoms. The van der Waals surface area contributed by atoms with E-state index in [9.17, 15) is 4.79 Å². The van der Waals surface area contributed by atoms with Crippen LogP contribution in [0.2, 0.25) is 5.02 Å². The van der Waals surface area contributed by atoms with Crippen molar-refractivity contribution in [1.29, 1.82) is 0 Å². The van der Waals surface area contributed by atoms with E-state index < -0.39 is 0 Å². The molecule has 4 nitrogen and oxygen atoms in total. The number of aryl methyl sites for hydroxylation is 1. The zero-order valence-electron chi connectivity index (χ0n) is 8.53. The molecule has 0 radical (unpaired) electrons. The first kappa shape index (κ1) is 10.7. The molecule has 2 aromatic rings. The molecule has 0 aliphatic rings. The lowest BCUT2D eigenvalue weighted by Gasteiger charge is -2.02. The minimum absolute atomic E-state index is 0.218. The lowest BCUT2D eigenvalue weighted by molar-refractivity contribution is 0.0996. The molecule has 82 valence electrons. The first-order chi connectivity index (χ1) is 7.66. The molecule has 1 N–H and O–H groups in total. The van der Waals surface area contributed by atoms with Crippen molar-refractivity contribution in [3.8, 4) is 0 Å². The van der Waals surface area contributed by atoms with Gasteiger partial charge < -0.3 is 9.73 Å². The van der Waals surface area contributed by atoms with Gasteiger partial charge in [-0.25, -0.2) is 4.98 Å². The van der Waals surface area contributed by atoms with Crippen LogP contribution >= 0.6 is 11.6 Å². The van der Waals surface area contributed by atoms with Crippen molar-refractivity contribution in [2.75, 3.05) is 5.32 Å². The molecule has 0 fully saturated rings. The molecular formula is C11H9ClN2O2. The van der Waals surface area contributed by atoms with Crippen LogP contribution in [-0.2, 0) is 0 Å². The van der Waals surface area contributed by atoms with Crippen LogP contribution in [0, 0.1) is 6.92 Å². The third-order valence-corrected chi connectivity index (χ3v) is 2.31. The lowest BCUT2D eigenvalue weighted by Crippen LogP contribution is -2.12. The Bertz CT molecular complexity index is 505. The second-order valence-electron chi connectivity index (χ2n) is 3.23. The fourth-order valence-corrected chi connectivity index (χ4v) is 1.37. The molecule has 0 aliphatic carbocycles. The van der Waals surface area contributed by atoms with Gasteiger partial charge in [-0.1, -0.05) is 11.6 Å². The highest BCUT2D eigenvalue weighted by Gasteiger charge is 2.13. The average Bonchev–Trinajstić information content (AvgIpc) is 2.68. The zero-order valence-corrected chi connectivity index (χ0v) is 9.28. The molecule has 0 unspecified atom stereocenters. The minimum atomic E-state index is -0.322. The van der Waals surface area contributed by atoms with Gasteiger partial charge in [-0.05, 0) is 31.2 Å². The molecule has 1 amide bonds. The maximum atomic E-state index is 11.7. The second kappa shape index (κ2) is 4.37. The predicted octanol–water partition coefficient (Wildman–Crippen LogP) is 2.89. The van der Waals surface area contributed by atoms with E-state index in [0.717, 1.165) is 0 Å². The number of anilines is 1.